The summed E-state index contributed by atoms with van der Waals surface area (Å²) in [5.74, 6) is 1.38. The second-order valence-electron chi connectivity index (χ2n) is 8.62. The lowest BCUT2D eigenvalue weighted by Gasteiger charge is -2.22. The van der Waals surface area contributed by atoms with Crippen LogP contribution in [-0.2, 0) is 10.1 Å². The monoisotopic (exact) mass is 488 g/mol. The van der Waals surface area contributed by atoms with Crippen LogP contribution in [0.3, 0.4) is 0 Å². The van der Waals surface area contributed by atoms with Crippen molar-refractivity contribution < 1.29 is 22.4 Å². The van der Waals surface area contributed by atoms with Crippen LogP contribution < -0.4 is 9.47 Å². The Morgan fingerprint density at radius 2 is 1.62 bits per heavy atom. The number of ether oxygens (including phenoxy) is 2. The largest absolute Gasteiger partial charge is 0.493 e. The normalized spacial score (nSPS) is 12.3. The Kier molecular flexibility index (Phi) is 12.8. The predicted molar refractivity (Wildman–Crippen MR) is 140 cm³/mol. The highest BCUT2D eigenvalue weighted by Crippen LogP contribution is 2.39. The molecule has 188 valence electrons. The van der Waals surface area contributed by atoms with E-state index >= 15 is 0 Å². The van der Waals surface area contributed by atoms with Crippen molar-refractivity contribution in [3.63, 3.8) is 0 Å². The molecule has 1 unspecified atom stereocenters. The van der Waals surface area contributed by atoms with Crippen LogP contribution in [0.25, 0.3) is 11.1 Å². The third-order valence-corrected chi connectivity index (χ3v) is 6.59. The zero-order valence-electron chi connectivity index (χ0n) is 20.5. The molecular formula is C28H40O5S. The van der Waals surface area contributed by atoms with E-state index in [9.17, 15) is 8.42 Å². The van der Waals surface area contributed by atoms with Gasteiger partial charge >= 0.3 is 0 Å². The minimum Gasteiger partial charge on any atom is -0.493 e. The number of benzene rings is 2. The first-order valence-electron chi connectivity index (χ1n) is 12.5. The van der Waals surface area contributed by atoms with E-state index < -0.39 is 10.1 Å². The van der Waals surface area contributed by atoms with Crippen molar-refractivity contribution in [3.05, 3.63) is 61.2 Å². The van der Waals surface area contributed by atoms with Crippen LogP contribution in [0.4, 0.5) is 0 Å². The van der Waals surface area contributed by atoms with Gasteiger partial charge in [-0.2, -0.15) is 8.42 Å². The van der Waals surface area contributed by atoms with Crippen molar-refractivity contribution in [3.8, 4) is 22.6 Å². The summed E-state index contributed by atoms with van der Waals surface area (Å²) in [5.41, 5.74) is 1.99. The van der Waals surface area contributed by atoms with Crippen LogP contribution in [0.2, 0.25) is 0 Å². The fourth-order valence-corrected chi connectivity index (χ4v) is 4.47. The van der Waals surface area contributed by atoms with E-state index in [4.69, 9.17) is 14.0 Å². The molecule has 1 N–H and O–H groups in total. The average Bonchev–Trinajstić information content (AvgIpc) is 2.82. The van der Waals surface area contributed by atoms with Gasteiger partial charge in [-0.15, -0.1) is 6.58 Å². The molecule has 2 aromatic rings. The van der Waals surface area contributed by atoms with Crippen LogP contribution in [0.1, 0.15) is 71.1 Å². The Hall–Kier alpha value is -2.31. The fourth-order valence-electron chi connectivity index (χ4n) is 3.90. The second kappa shape index (κ2) is 15.6. The van der Waals surface area contributed by atoms with Gasteiger partial charge in [0, 0.05) is 0 Å². The highest BCUT2D eigenvalue weighted by Gasteiger charge is 2.17. The lowest BCUT2D eigenvalue weighted by Crippen LogP contribution is -2.16. The molecule has 5 nitrogen and oxygen atoms in total. The summed E-state index contributed by atoms with van der Waals surface area (Å²) < 4.78 is 43.5. The molecule has 0 saturated carbocycles. The smallest absolute Gasteiger partial charge is 0.264 e. The third kappa shape index (κ3) is 10.7. The maximum atomic E-state index is 11.0. The first-order valence-corrected chi connectivity index (χ1v) is 14.1. The molecular weight excluding hydrogens is 448 g/mol. The van der Waals surface area contributed by atoms with Gasteiger partial charge in [0.2, 0.25) is 0 Å². The van der Waals surface area contributed by atoms with Gasteiger partial charge in [0.25, 0.3) is 10.1 Å². The zero-order chi connectivity index (χ0) is 24.7. The maximum absolute atomic E-state index is 11.0. The van der Waals surface area contributed by atoms with E-state index in [1.165, 1.54) is 19.3 Å². The van der Waals surface area contributed by atoms with Crippen molar-refractivity contribution in [2.75, 3.05) is 12.4 Å². The molecule has 0 bridgehead atoms. The lowest BCUT2D eigenvalue weighted by atomic mass is 10.0. The number of rotatable bonds is 18. The Morgan fingerprint density at radius 1 is 0.912 bits per heavy atom. The van der Waals surface area contributed by atoms with E-state index in [1.54, 1.807) is 0 Å². The molecule has 6 heteroatoms. The summed E-state index contributed by atoms with van der Waals surface area (Å²) in [7, 11) is -3.92. The highest BCUT2D eigenvalue weighted by molar-refractivity contribution is 7.85. The van der Waals surface area contributed by atoms with Crippen molar-refractivity contribution >= 4 is 10.1 Å². The standard InChI is InChI=1S/C28H40O5S/c1-3-5-6-7-8-9-14-22-32-26-20-16-21-27(28(26)24-17-11-10-12-18-24)33-25(4-2)19-13-15-23-34(29,30)31/h3,10-12,16-18,20-21,25H,1,4-9,13-15,19,22-23H2,2H3,(H,29,30,31). The molecule has 0 fully saturated rings. The van der Waals surface area contributed by atoms with Gasteiger partial charge in [-0.1, -0.05) is 68.7 Å². The molecule has 1 atom stereocenters. The van der Waals surface area contributed by atoms with Gasteiger partial charge in [0.15, 0.2) is 0 Å². The van der Waals surface area contributed by atoms with Crippen LogP contribution >= 0.6 is 0 Å². The van der Waals surface area contributed by atoms with Gasteiger partial charge in [-0.05, 0) is 62.6 Å². The summed E-state index contributed by atoms with van der Waals surface area (Å²) in [6, 6.07) is 16.0. The molecule has 0 heterocycles. The van der Waals surface area contributed by atoms with E-state index in [-0.39, 0.29) is 11.9 Å². The number of hydrogen-bond acceptors (Lipinski definition) is 4. The lowest BCUT2D eigenvalue weighted by molar-refractivity contribution is 0.183. The predicted octanol–water partition coefficient (Wildman–Crippen LogP) is 7.47. The molecule has 0 saturated heterocycles. The summed E-state index contributed by atoms with van der Waals surface area (Å²) in [4.78, 5) is 0. The number of allylic oxidation sites excluding steroid dienone is 1. The summed E-state index contributed by atoms with van der Waals surface area (Å²) in [6.45, 7) is 6.50. The Labute approximate surface area is 205 Å². The SMILES string of the molecule is C=CCCCCCCCOc1cccc(OC(CC)CCCCS(=O)(=O)O)c1-c1ccccc1. The van der Waals surface area contributed by atoms with Crippen LogP contribution in [-0.4, -0.2) is 31.4 Å². The van der Waals surface area contributed by atoms with Crippen molar-refractivity contribution in [2.24, 2.45) is 0 Å². The topological polar surface area (TPSA) is 72.8 Å². The molecule has 2 aromatic carbocycles. The van der Waals surface area contributed by atoms with Crippen LogP contribution in [0.15, 0.2) is 61.2 Å². The molecule has 2 rings (SSSR count). The van der Waals surface area contributed by atoms with Crippen molar-refractivity contribution in [1.82, 2.24) is 0 Å². The maximum Gasteiger partial charge on any atom is 0.264 e. The molecule has 0 aliphatic rings. The van der Waals surface area contributed by atoms with E-state index in [1.807, 2.05) is 42.5 Å². The molecule has 0 spiro atoms. The molecule has 0 aliphatic carbocycles. The summed E-state index contributed by atoms with van der Waals surface area (Å²) in [5, 5.41) is 0. The average molecular weight is 489 g/mol. The number of unbranched alkanes of at least 4 members (excludes halogenated alkanes) is 6. The van der Waals surface area contributed by atoms with Gasteiger partial charge in [-0.3, -0.25) is 4.55 Å². The first-order chi connectivity index (χ1) is 16.4. The Bertz CT molecular complexity index is 941. The zero-order valence-corrected chi connectivity index (χ0v) is 21.3. The van der Waals surface area contributed by atoms with Crippen molar-refractivity contribution in [2.45, 2.75) is 77.2 Å². The highest BCUT2D eigenvalue weighted by atomic mass is 32.2. The Morgan fingerprint density at radius 3 is 2.32 bits per heavy atom. The molecule has 0 aliphatic heterocycles. The second-order valence-corrected chi connectivity index (χ2v) is 10.2. The third-order valence-electron chi connectivity index (χ3n) is 5.79. The number of hydrogen-bond donors (Lipinski definition) is 1. The minimum atomic E-state index is -3.92. The van der Waals surface area contributed by atoms with Gasteiger partial charge in [-0.25, -0.2) is 0 Å². The van der Waals surface area contributed by atoms with Crippen LogP contribution in [0, 0.1) is 0 Å². The van der Waals surface area contributed by atoms with Crippen molar-refractivity contribution in [1.29, 1.82) is 0 Å². The van der Waals surface area contributed by atoms with Gasteiger partial charge < -0.3 is 9.47 Å². The Balaban J connectivity index is 2.04. The van der Waals surface area contributed by atoms with E-state index in [2.05, 4.69) is 25.6 Å². The van der Waals surface area contributed by atoms with Crippen LogP contribution in [0.5, 0.6) is 11.5 Å². The molecule has 0 amide bonds. The van der Waals surface area contributed by atoms with E-state index in [0.717, 1.165) is 54.7 Å². The van der Waals surface area contributed by atoms with Gasteiger partial charge in [0.05, 0.1) is 24.0 Å². The summed E-state index contributed by atoms with van der Waals surface area (Å²) >= 11 is 0. The quantitative estimate of drug-likeness (QED) is 0.134. The minimum absolute atomic E-state index is 0.0466. The summed E-state index contributed by atoms with van der Waals surface area (Å²) in [6.07, 6.45) is 11.4. The first kappa shape index (κ1) is 27.9. The van der Waals surface area contributed by atoms with Gasteiger partial charge in [0.1, 0.15) is 11.5 Å². The molecule has 0 aromatic heterocycles. The molecule has 0 radical (unpaired) electrons. The van der Waals surface area contributed by atoms with E-state index in [0.29, 0.717) is 19.4 Å². The molecule has 34 heavy (non-hydrogen) atoms. The fraction of sp³-hybridized carbons (Fsp3) is 0.500.